The second kappa shape index (κ2) is 6.78. The number of hydrogen-bond acceptors (Lipinski definition) is 5. The number of aliphatic imine (C=N–C) groups is 1. The number of H-pyrrole nitrogens is 1. The van der Waals surface area contributed by atoms with Crippen LogP contribution >= 0.6 is 0 Å². The number of aryl methyl sites for hydroxylation is 1. The molecule has 0 saturated carbocycles. The van der Waals surface area contributed by atoms with Gasteiger partial charge in [-0.3, -0.25) is 14.9 Å². The van der Waals surface area contributed by atoms with Crippen molar-refractivity contribution >= 4 is 17.8 Å². The molecule has 28 heavy (non-hydrogen) atoms. The van der Waals surface area contributed by atoms with E-state index in [1.54, 1.807) is 9.80 Å². The quantitative estimate of drug-likeness (QED) is 0.824. The third-order valence-corrected chi connectivity index (χ3v) is 5.40. The molecule has 1 aromatic carbocycles. The van der Waals surface area contributed by atoms with Gasteiger partial charge in [0.1, 0.15) is 17.1 Å². The average molecular weight is 380 g/mol. The molecule has 8 heteroatoms. The predicted octanol–water partition coefficient (Wildman–Crippen LogP) is 1.41. The zero-order valence-electron chi connectivity index (χ0n) is 16.3. The molecule has 2 amide bonds. The van der Waals surface area contributed by atoms with Crippen molar-refractivity contribution in [1.82, 2.24) is 25.1 Å². The molecule has 0 radical (unpaired) electrons. The van der Waals surface area contributed by atoms with Gasteiger partial charge in [0.05, 0.1) is 0 Å². The van der Waals surface area contributed by atoms with E-state index < -0.39 is 5.54 Å². The number of rotatable bonds is 2. The predicted molar refractivity (Wildman–Crippen MR) is 106 cm³/mol. The molecule has 2 N–H and O–H groups in total. The van der Waals surface area contributed by atoms with Crippen molar-refractivity contribution in [2.45, 2.75) is 25.3 Å². The maximum Gasteiger partial charge on any atom is 0.274 e. The summed E-state index contributed by atoms with van der Waals surface area (Å²) in [6.45, 7) is 2.81. The molecule has 0 atom stereocenters. The van der Waals surface area contributed by atoms with Crippen LogP contribution in [0.5, 0.6) is 0 Å². The van der Waals surface area contributed by atoms with E-state index in [2.05, 4.69) is 20.3 Å². The van der Waals surface area contributed by atoms with Crippen LogP contribution in [-0.4, -0.2) is 70.3 Å². The minimum absolute atomic E-state index is 0.0781. The van der Waals surface area contributed by atoms with E-state index in [0.717, 1.165) is 11.3 Å². The standard InChI is InChI=1S/C20H24N6O2/c1-13-15(22-16(21-13)14-7-5-4-6-8-14)17(27)26-11-9-20(10-12-26)18(28)23-19(24-20)25(2)3/h4-8H,9-12H2,1-3H3,(H,21,22)(H,23,24,28). The Hall–Kier alpha value is -3.16. The maximum absolute atomic E-state index is 13.0. The first-order valence-electron chi connectivity index (χ1n) is 9.39. The number of nitrogens with one attached hydrogen (secondary N) is 2. The summed E-state index contributed by atoms with van der Waals surface area (Å²) in [4.78, 5) is 41.4. The monoisotopic (exact) mass is 380 g/mol. The number of nitrogens with zero attached hydrogens (tertiary/aromatic N) is 4. The molecule has 1 saturated heterocycles. The number of benzene rings is 1. The molecule has 0 unspecified atom stereocenters. The van der Waals surface area contributed by atoms with Crippen molar-refractivity contribution in [3.63, 3.8) is 0 Å². The molecule has 4 rings (SSSR count). The highest BCUT2D eigenvalue weighted by Crippen LogP contribution is 2.31. The molecular weight excluding hydrogens is 356 g/mol. The van der Waals surface area contributed by atoms with Crippen LogP contribution in [0.3, 0.4) is 0 Å². The van der Waals surface area contributed by atoms with Crippen LogP contribution in [-0.2, 0) is 4.79 Å². The molecule has 1 aromatic heterocycles. The highest BCUT2D eigenvalue weighted by atomic mass is 16.2. The fourth-order valence-electron chi connectivity index (χ4n) is 3.68. The van der Waals surface area contributed by atoms with Gasteiger partial charge in [-0.25, -0.2) is 9.98 Å². The first kappa shape index (κ1) is 18.2. The summed E-state index contributed by atoms with van der Waals surface area (Å²) in [5.41, 5.74) is 1.36. The minimum atomic E-state index is -0.758. The van der Waals surface area contributed by atoms with Crippen LogP contribution in [0.2, 0.25) is 0 Å². The number of piperidine rings is 1. The van der Waals surface area contributed by atoms with E-state index in [-0.39, 0.29) is 11.8 Å². The zero-order valence-corrected chi connectivity index (χ0v) is 16.3. The molecule has 146 valence electrons. The number of imidazole rings is 1. The van der Waals surface area contributed by atoms with E-state index in [4.69, 9.17) is 0 Å². The maximum atomic E-state index is 13.0. The first-order valence-corrected chi connectivity index (χ1v) is 9.39. The molecule has 1 spiro atoms. The van der Waals surface area contributed by atoms with Gasteiger partial charge < -0.3 is 14.8 Å². The Morgan fingerprint density at radius 3 is 2.46 bits per heavy atom. The van der Waals surface area contributed by atoms with Crippen LogP contribution in [0.25, 0.3) is 11.4 Å². The summed E-state index contributed by atoms with van der Waals surface area (Å²) in [5.74, 6) is 1.08. The molecular formula is C20H24N6O2. The fraction of sp³-hybridized carbons (Fsp3) is 0.400. The van der Waals surface area contributed by atoms with Crippen LogP contribution in [0.15, 0.2) is 35.3 Å². The lowest BCUT2D eigenvalue weighted by Crippen LogP contribution is -2.50. The number of aromatic amines is 1. The highest BCUT2D eigenvalue weighted by molar-refractivity contribution is 6.07. The summed E-state index contributed by atoms with van der Waals surface area (Å²) in [7, 11) is 3.70. The highest BCUT2D eigenvalue weighted by Gasteiger charge is 2.47. The largest absolute Gasteiger partial charge is 0.349 e. The number of likely N-dealkylation sites (tertiary alicyclic amines) is 1. The van der Waals surface area contributed by atoms with Gasteiger partial charge in [-0.15, -0.1) is 0 Å². The SMILES string of the molecule is Cc1[nH]c(-c2ccccc2)nc1C(=O)N1CCC2(CC1)N=C(N(C)C)NC2=O. The lowest BCUT2D eigenvalue weighted by molar-refractivity contribution is -0.125. The molecule has 1 fully saturated rings. The van der Waals surface area contributed by atoms with Crippen molar-refractivity contribution in [2.75, 3.05) is 27.2 Å². The number of carbonyl (C=O) groups excluding carboxylic acids is 2. The Bertz CT molecular complexity index is 939. The van der Waals surface area contributed by atoms with Gasteiger partial charge in [0.2, 0.25) is 5.96 Å². The molecule has 2 aliphatic rings. The summed E-state index contributed by atoms with van der Waals surface area (Å²) in [5, 5.41) is 2.84. The van der Waals surface area contributed by atoms with Crippen LogP contribution < -0.4 is 5.32 Å². The Morgan fingerprint density at radius 1 is 1.18 bits per heavy atom. The Balaban J connectivity index is 1.50. The van der Waals surface area contributed by atoms with Gasteiger partial charge in [-0.05, 0) is 19.8 Å². The second-order valence-corrected chi connectivity index (χ2v) is 7.53. The van der Waals surface area contributed by atoms with Gasteiger partial charge >= 0.3 is 0 Å². The third kappa shape index (κ3) is 3.04. The topological polar surface area (TPSA) is 93.7 Å². The number of aromatic nitrogens is 2. The smallest absolute Gasteiger partial charge is 0.274 e. The second-order valence-electron chi connectivity index (χ2n) is 7.53. The van der Waals surface area contributed by atoms with E-state index in [9.17, 15) is 9.59 Å². The molecule has 2 aromatic rings. The van der Waals surface area contributed by atoms with Crippen LogP contribution in [0.4, 0.5) is 0 Å². The number of carbonyl (C=O) groups is 2. The van der Waals surface area contributed by atoms with Gasteiger partial charge in [-0.1, -0.05) is 30.3 Å². The van der Waals surface area contributed by atoms with Gasteiger partial charge in [0.25, 0.3) is 11.8 Å². The molecule has 0 bridgehead atoms. The summed E-state index contributed by atoms with van der Waals surface area (Å²) >= 11 is 0. The summed E-state index contributed by atoms with van der Waals surface area (Å²) in [6, 6.07) is 9.73. The summed E-state index contributed by atoms with van der Waals surface area (Å²) in [6.07, 6.45) is 1.02. The molecule has 0 aliphatic carbocycles. The Morgan fingerprint density at radius 2 is 1.86 bits per heavy atom. The first-order chi connectivity index (χ1) is 13.4. The summed E-state index contributed by atoms with van der Waals surface area (Å²) < 4.78 is 0. The van der Waals surface area contributed by atoms with Crippen molar-refractivity contribution in [2.24, 2.45) is 4.99 Å². The molecule has 8 nitrogen and oxygen atoms in total. The van der Waals surface area contributed by atoms with Crippen molar-refractivity contribution in [1.29, 1.82) is 0 Å². The van der Waals surface area contributed by atoms with Crippen molar-refractivity contribution in [3.05, 3.63) is 41.7 Å². The Kier molecular flexibility index (Phi) is 4.41. The fourth-order valence-corrected chi connectivity index (χ4v) is 3.68. The van der Waals surface area contributed by atoms with Gasteiger partial charge in [0, 0.05) is 38.4 Å². The van der Waals surface area contributed by atoms with E-state index in [0.29, 0.717) is 43.4 Å². The Labute approximate surface area is 163 Å². The van der Waals surface area contributed by atoms with E-state index >= 15 is 0 Å². The van der Waals surface area contributed by atoms with Crippen molar-refractivity contribution < 1.29 is 9.59 Å². The number of hydrogen-bond donors (Lipinski definition) is 2. The average Bonchev–Trinajstić information content (AvgIpc) is 3.24. The molecule has 2 aliphatic heterocycles. The normalized spacial score (nSPS) is 18.2. The van der Waals surface area contributed by atoms with Gasteiger partial charge in [-0.2, -0.15) is 0 Å². The third-order valence-electron chi connectivity index (χ3n) is 5.40. The minimum Gasteiger partial charge on any atom is -0.349 e. The zero-order chi connectivity index (χ0) is 19.9. The van der Waals surface area contributed by atoms with Crippen LogP contribution in [0.1, 0.15) is 29.0 Å². The van der Waals surface area contributed by atoms with Gasteiger partial charge in [0.15, 0.2) is 0 Å². The van der Waals surface area contributed by atoms with E-state index in [1.165, 1.54) is 0 Å². The van der Waals surface area contributed by atoms with E-state index in [1.807, 2.05) is 51.4 Å². The lowest BCUT2D eigenvalue weighted by Gasteiger charge is -2.35. The number of amides is 2. The van der Waals surface area contributed by atoms with Crippen molar-refractivity contribution in [3.8, 4) is 11.4 Å². The number of guanidine groups is 1. The molecule has 3 heterocycles. The van der Waals surface area contributed by atoms with Crippen LogP contribution in [0, 0.1) is 6.92 Å². The lowest BCUT2D eigenvalue weighted by atomic mass is 9.88.